The first-order valence-corrected chi connectivity index (χ1v) is 4.52. The summed E-state index contributed by atoms with van der Waals surface area (Å²) in [5.74, 6) is 0. The van der Waals surface area contributed by atoms with E-state index in [0.29, 0.717) is 13.0 Å². The summed E-state index contributed by atoms with van der Waals surface area (Å²) in [7, 11) is 0. The zero-order chi connectivity index (χ0) is 9.56. The molecule has 72 valence electrons. The van der Waals surface area contributed by atoms with Crippen LogP contribution in [-0.2, 0) is 4.74 Å². The largest absolute Gasteiger partial charge is 0.390 e. The highest BCUT2D eigenvalue weighted by Gasteiger charge is 2.06. The predicted molar refractivity (Wildman–Crippen MR) is 51.1 cm³/mol. The van der Waals surface area contributed by atoms with Crippen LogP contribution in [0.1, 0.15) is 33.6 Å². The summed E-state index contributed by atoms with van der Waals surface area (Å²) in [5.41, 5.74) is 1.08. The van der Waals surface area contributed by atoms with Crippen LogP contribution in [0.5, 0.6) is 0 Å². The van der Waals surface area contributed by atoms with Crippen LogP contribution in [0.25, 0.3) is 0 Å². The quantitative estimate of drug-likeness (QED) is 0.622. The normalized spacial score (nSPS) is 13.4. The zero-order valence-electron chi connectivity index (χ0n) is 8.34. The van der Waals surface area contributed by atoms with Crippen molar-refractivity contribution >= 4 is 0 Å². The lowest BCUT2D eigenvalue weighted by Gasteiger charge is -2.13. The van der Waals surface area contributed by atoms with E-state index in [1.54, 1.807) is 0 Å². The Balaban J connectivity index is 3.45. The van der Waals surface area contributed by atoms with Crippen molar-refractivity contribution < 1.29 is 9.84 Å². The van der Waals surface area contributed by atoms with E-state index in [9.17, 15) is 5.11 Å². The van der Waals surface area contributed by atoms with E-state index in [0.717, 1.165) is 12.0 Å². The monoisotopic (exact) mass is 172 g/mol. The van der Waals surface area contributed by atoms with Crippen LogP contribution in [0.2, 0.25) is 0 Å². The highest BCUT2D eigenvalue weighted by molar-refractivity contribution is 4.94. The van der Waals surface area contributed by atoms with Gasteiger partial charge in [0.1, 0.15) is 0 Å². The second-order valence-electron chi connectivity index (χ2n) is 3.34. The molecule has 0 saturated heterocycles. The standard InChI is InChI=1S/C10H20O2/c1-5-9(4)6-10(11)7-12-8(2)3/h8,10-11H,4-7H2,1-3H3. The molecule has 0 heterocycles. The van der Waals surface area contributed by atoms with Crippen LogP contribution in [0.15, 0.2) is 12.2 Å². The van der Waals surface area contributed by atoms with Crippen molar-refractivity contribution in [3.8, 4) is 0 Å². The minimum Gasteiger partial charge on any atom is -0.390 e. The molecule has 0 aromatic rings. The highest BCUT2D eigenvalue weighted by atomic mass is 16.5. The Morgan fingerprint density at radius 1 is 1.50 bits per heavy atom. The van der Waals surface area contributed by atoms with Crippen molar-refractivity contribution in [1.82, 2.24) is 0 Å². The van der Waals surface area contributed by atoms with Crippen molar-refractivity contribution in [1.29, 1.82) is 0 Å². The summed E-state index contributed by atoms with van der Waals surface area (Å²) in [6.07, 6.45) is 1.39. The molecule has 1 N–H and O–H groups in total. The summed E-state index contributed by atoms with van der Waals surface area (Å²) in [6, 6.07) is 0. The van der Waals surface area contributed by atoms with E-state index in [4.69, 9.17) is 4.74 Å². The van der Waals surface area contributed by atoms with E-state index < -0.39 is 0 Å². The number of aliphatic hydroxyl groups is 1. The topological polar surface area (TPSA) is 29.5 Å². The molecule has 12 heavy (non-hydrogen) atoms. The van der Waals surface area contributed by atoms with Crippen LogP contribution in [0, 0.1) is 0 Å². The second kappa shape index (κ2) is 6.21. The third-order valence-electron chi connectivity index (χ3n) is 1.65. The molecule has 0 aliphatic rings. The van der Waals surface area contributed by atoms with E-state index in [1.807, 2.05) is 20.8 Å². The van der Waals surface area contributed by atoms with Gasteiger partial charge in [0.2, 0.25) is 0 Å². The molecule has 0 bridgehead atoms. The Bertz CT molecular complexity index is 130. The van der Waals surface area contributed by atoms with Gasteiger partial charge in [0.05, 0.1) is 18.8 Å². The van der Waals surface area contributed by atoms with Crippen molar-refractivity contribution in [2.45, 2.75) is 45.8 Å². The molecule has 1 atom stereocenters. The van der Waals surface area contributed by atoms with Crippen LogP contribution in [0.3, 0.4) is 0 Å². The van der Waals surface area contributed by atoms with Gasteiger partial charge >= 0.3 is 0 Å². The molecule has 0 rings (SSSR count). The molecule has 0 spiro atoms. The van der Waals surface area contributed by atoms with Crippen LogP contribution in [0.4, 0.5) is 0 Å². The number of rotatable bonds is 6. The van der Waals surface area contributed by atoms with Gasteiger partial charge in [0, 0.05) is 0 Å². The Kier molecular flexibility index (Phi) is 6.03. The zero-order valence-corrected chi connectivity index (χ0v) is 8.34. The Labute approximate surface area is 75.2 Å². The Morgan fingerprint density at radius 2 is 2.08 bits per heavy atom. The van der Waals surface area contributed by atoms with Gasteiger partial charge in [-0.25, -0.2) is 0 Å². The number of aliphatic hydroxyl groups excluding tert-OH is 1. The van der Waals surface area contributed by atoms with Crippen molar-refractivity contribution in [2.24, 2.45) is 0 Å². The van der Waals surface area contributed by atoms with Crippen LogP contribution in [-0.4, -0.2) is 23.9 Å². The van der Waals surface area contributed by atoms with Gasteiger partial charge < -0.3 is 9.84 Å². The fourth-order valence-electron chi connectivity index (χ4n) is 0.840. The fourth-order valence-corrected chi connectivity index (χ4v) is 0.840. The summed E-state index contributed by atoms with van der Waals surface area (Å²) < 4.78 is 5.26. The molecule has 2 heteroatoms. The van der Waals surface area contributed by atoms with Crippen molar-refractivity contribution in [2.75, 3.05) is 6.61 Å². The lowest BCUT2D eigenvalue weighted by Crippen LogP contribution is -2.18. The predicted octanol–water partition coefficient (Wildman–Crippen LogP) is 2.13. The van der Waals surface area contributed by atoms with Gasteiger partial charge in [0.15, 0.2) is 0 Å². The van der Waals surface area contributed by atoms with Gasteiger partial charge in [-0.3, -0.25) is 0 Å². The summed E-state index contributed by atoms with van der Waals surface area (Å²) >= 11 is 0. The van der Waals surface area contributed by atoms with E-state index in [-0.39, 0.29) is 12.2 Å². The molecule has 2 nitrogen and oxygen atoms in total. The number of ether oxygens (including phenoxy) is 1. The molecule has 0 radical (unpaired) electrons. The van der Waals surface area contributed by atoms with Crippen molar-refractivity contribution in [3.05, 3.63) is 12.2 Å². The molecule has 1 unspecified atom stereocenters. The SMILES string of the molecule is C=C(CC)CC(O)COC(C)C. The maximum atomic E-state index is 9.41. The lowest BCUT2D eigenvalue weighted by atomic mass is 10.1. The summed E-state index contributed by atoms with van der Waals surface area (Å²) in [5, 5.41) is 9.41. The number of hydrogen-bond acceptors (Lipinski definition) is 2. The lowest BCUT2D eigenvalue weighted by molar-refractivity contribution is 0.00606. The maximum absolute atomic E-state index is 9.41. The van der Waals surface area contributed by atoms with Crippen LogP contribution >= 0.6 is 0 Å². The minimum absolute atomic E-state index is 0.189. The summed E-state index contributed by atoms with van der Waals surface area (Å²) in [6.45, 7) is 10.2. The molecular formula is C10H20O2. The van der Waals surface area contributed by atoms with Gasteiger partial charge in [0.25, 0.3) is 0 Å². The van der Waals surface area contributed by atoms with Gasteiger partial charge in [-0.2, -0.15) is 0 Å². The highest BCUT2D eigenvalue weighted by Crippen LogP contribution is 2.07. The first kappa shape index (κ1) is 11.7. The third kappa shape index (κ3) is 6.38. The van der Waals surface area contributed by atoms with Gasteiger partial charge in [-0.05, 0) is 26.7 Å². The van der Waals surface area contributed by atoms with Crippen LogP contribution < -0.4 is 0 Å². The smallest absolute Gasteiger partial charge is 0.0810 e. The average molecular weight is 172 g/mol. The molecule has 0 aromatic heterocycles. The molecule has 0 aromatic carbocycles. The fraction of sp³-hybridized carbons (Fsp3) is 0.800. The van der Waals surface area contributed by atoms with Gasteiger partial charge in [-0.1, -0.05) is 19.1 Å². The van der Waals surface area contributed by atoms with E-state index in [1.165, 1.54) is 0 Å². The second-order valence-corrected chi connectivity index (χ2v) is 3.34. The number of hydrogen-bond donors (Lipinski definition) is 1. The van der Waals surface area contributed by atoms with E-state index in [2.05, 4.69) is 6.58 Å². The van der Waals surface area contributed by atoms with Gasteiger partial charge in [-0.15, -0.1) is 0 Å². The first-order chi connectivity index (χ1) is 5.56. The third-order valence-corrected chi connectivity index (χ3v) is 1.65. The first-order valence-electron chi connectivity index (χ1n) is 4.52. The average Bonchev–Trinajstić information content (AvgIpc) is 2.00. The molecule has 0 fully saturated rings. The minimum atomic E-state index is -0.389. The molecular weight excluding hydrogens is 152 g/mol. The van der Waals surface area contributed by atoms with E-state index >= 15 is 0 Å². The molecule has 0 saturated carbocycles. The maximum Gasteiger partial charge on any atom is 0.0810 e. The molecule has 0 amide bonds. The van der Waals surface area contributed by atoms with Crippen molar-refractivity contribution in [3.63, 3.8) is 0 Å². The molecule has 0 aliphatic heterocycles. The summed E-state index contributed by atoms with van der Waals surface area (Å²) in [4.78, 5) is 0. The molecule has 0 aliphatic carbocycles. The Hall–Kier alpha value is -0.340. The Morgan fingerprint density at radius 3 is 2.50 bits per heavy atom.